The average Bonchev–Trinajstić information content (AvgIpc) is 3.09. The van der Waals surface area contributed by atoms with Crippen molar-refractivity contribution in [2.75, 3.05) is 13.1 Å². The zero-order valence-electron chi connectivity index (χ0n) is 11.6. The second kappa shape index (κ2) is 5.83. The molecule has 21 heavy (non-hydrogen) atoms. The molecular formula is C15H16BrNO2S2. The van der Waals surface area contributed by atoms with E-state index in [4.69, 9.17) is 0 Å². The molecule has 1 aromatic heterocycles. The predicted molar refractivity (Wildman–Crippen MR) is 89.3 cm³/mol. The molecular weight excluding hydrogens is 370 g/mol. The summed E-state index contributed by atoms with van der Waals surface area (Å²) >= 11 is 4.69. The Bertz CT molecular complexity index is 721. The Balaban J connectivity index is 1.82. The quantitative estimate of drug-likeness (QED) is 0.800. The molecule has 0 bridgehead atoms. The Hall–Kier alpha value is -0.690. The first-order valence-electron chi connectivity index (χ1n) is 6.79. The first-order valence-corrected chi connectivity index (χ1v) is 9.84. The van der Waals surface area contributed by atoms with Crippen LogP contribution in [0.5, 0.6) is 0 Å². The van der Waals surface area contributed by atoms with E-state index in [1.54, 1.807) is 10.4 Å². The van der Waals surface area contributed by atoms with E-state index in [1.165, 1.54) is 16.9 Å². The van der Waals surface area contributed by atoms with Gasteiger partial charge >= 0.3 is 0 Å². The molecule has 112 valence electrons. The van der Waals surface area contributed by atoms with Crippen molar-refractivity contribution < 1.29 is 8.42 Å². The van der Waals surface area contributed by atoms with Crippen LogP contribution in [0, 0.1) is 6.92 Å². The smallest absolute Gasteiger partial charge is 0.206 e. The van der Waals surface area contributed by atoms with Crippen LogP contribution in [-0.4, -0.2) is 25.8 Å². The first-order chi connectivity index (χ1) is 9.98. The van der Waals surface area contributed by atoms with Gasteiger partial charge in [0.1, 0.15) is 4.21 Å². The minimum Gasteiger partial charge on any atom is -0.206 e. The maximum absolute atomic E-state index is 12.7. The van der Waals surface area contributed by atoms with Crippen molar-refractivity contribution in [3.63, 3.8) is 0 Å². The summed E-state index contributed by atoms with van der Waals surface area (Å²) in [5.74, 6) is 0.297. The van der Waals surface area contributed by atoms with Crippen molar-refractivity contribution in [1.29, 1.82) is 0 Å². The molecule has 2 aromatic rings. The van der Waals surface area contributed by atoms with Crippen LogP contribution in [0.15, 0.2) is 44.4 Å². The van der Waals surface area contributed by atoms with Crippen molar-refractivity contribution >= 4 is 37.3 Å². The largest absolute Gasteiger partial charge is 0.252 e. The number of hydrogen-bond acceptors (Lipinski definition) is 3. The molecule has 0 spiro atoms. The Morgan fingerprint density at radius 1 is 1.29 bits per heavy atom. The van der Waals surface area contributed by atoms with Crippen molar-refractivity contribution in [2.24, 2.45) is 0 Å². The van der Waals surface area contributed by atoms with E-state index >= 15 is 0 Å². The molecule has 0 amide bonds. The Kier molecular flexibility index (Phi) is 4.23. The number of thiophene rings is 1. The highest BCUT2D eigenvalue weighted by molar-refractivity contribution is 9.11. The summed E-state index contributed by atoms with van der Waals surface area (Å²) in [6, 6.07) is 11.9. The highest BCUT2D eigenvalue weighted by Gasteiger charge is 2.34. The number of benzene rings is 1. The molecule has 6 heteroatoms. The minimum atomic E-state index is -3.36. The third-order valence-electron chi connectivity index (χ3n) is 3.85. The lowest BCUT2D eigenvalue weighted by Gasteiger charge is -2.15. The van der Waals surface area contributed by atoms with E-state index in [0.717, 1.165) is 15.8 Å². The van der Waals surface area contributed by atoms with Gasteiger partial charge in [0.2, 0.25) is 0 Å². The van der Waals surface area contributed by atoms with Crippen LogP contribution in [0.25, 0.3) is 0 Å². The van der Waals surface area contributed by atoms with Crippen LogP contribution >= 0.6 is 27.3 Å². The number of sulfonamides is 1. The van der Waals surface area contributed by atoms with E-state index in [0.29, 0.717) is 23.2 Å². The van der Waals surface area contributed by atoms with Gasteiger partial charge in [-0.15, -0.1) is 11.3 Å². The fourth-order valence-electron chi connectivity index (χ4n) is 2.63. The standard InChI is InChI=1S/C15H16BrNO2S2/c1-11-9-14(20-15(11)16)21(18,19)17-8-7-13(10-17)12-5-3-2-4-6-12/h2-6,9,13H,7-8,10H2,1H3. The lowest BCUT2D eigenvalue weighted by molar-refractivity contribution is 0.474. The second-order valence-corrected chi connectivity index (χ2v) is 9.82. The van der Waals surface area contributed by atoms with Crippen molar-refractivity contribution in [3.05, 3.63) is 51.3 Å². The highest BCUT2D eigenvalue weighted by Crippen LogP contribution is 2.36. The molecule has 0 aliphatic carbocycles. The maximum atomic E-state index is 12.7. The lowest BCUT2D eigenvalue weighted by Crippen LogP contribution is -2.28. The van der Waals surface area contributed by atoms with Gasteiger partial charge in [-0.3, -0.25) is 0 Å². The third kappa shape index (κ3) is 2.95. The summed E-state index contributed by atoms with van der Waals surface area (Å²) in [6.45, 7) is 3.08. The molecule has 1 atom stereocenters. The molecule has 1 unspecified atom stereocenters. The molecule has 3 rings (SSSR count). The molecule has 2 heterocycles. The molecule has 1 aliphatic heterocycles. The van der Waals surface area contributed by atoms with Crippen LogP contribution in [0.1, 0.15) is 23.5 Å². The van der Waals surface area contributed by atoms with Crippen molar-refractivity contribution in [2.45, 2.75) is 23.5 Å². The number of aryl methyl sites for hydroxylation is 1. The Morgan fingerprint density at radius 2 is 2.00 bits per heavy atom. The number of hydrogen-bond donors (Lipinski definition) is 0. The van der Waals surface area contributed by atoms with Gasteiger partial charge in [0.25, 0.3) is 10.0 Å². The molecule has 1 aliphatic rings. The van der Waals surface area contributed by atoms with Gasteiger partial charge in [-0.25, -0.2) is 8.42 Å². The van der Waals surface area contributed by atoms with Crippen molar-refractivity contribution in [1.82, 2.24) is 4.31 Å². The van der Waals surface area contributed by atoms with E-state index in [1.807, 2.05) is 25.1 Å². The fourth-order valence-corrected chi connectivity index (χ4v) is 6.51. The van der Waals surface area contributed by atoms with E-state index in [2.05, 4.69) is 28.1 Å². The molecule has 0 N–H and O–H groups in total. The molecule has 1 aromatic carbocycles. The zero-order valence-corrected chi connectivity index (χ0v) is 14.8. The summed E-state index contributed by atoms with van der Waals surface area (Å²) in [4.78, 5) is 0. The topological polar surface area (TPSA) is 37.4 Å². The van der Waals surface area contributed by atoms with Gasteiger partial charge in [0, 0.05) is 13.1 Å². The summed E-state index contributed by atoms with van der Waals surface area (Å²) in [5.41, 5.74) is 2.19. The van der Waals surface area contributed by atoms with Crippen LogP contribution in [-0.2, 0) is 10.0 Å². The molecule has 1 fully saturated rings. The Labute approximate surface area is 137 Å². The van der Waals surface area contributed by atoms with E-state index in [9.17, 15) is 8.42 Å². The summed E-state index contributed by atoms with van der Waals surface area (Å²) in [5, 5.41) is 0. The Morgan fingerprint density at radius 3 is 2.62 bits per heavy atom. The molecule has 3 nitrogen and oxygen atoms in total. The highest BCUT2D eigenvalue weighted by atomic mass is 79.9. The molecule has 0 radical (unpaired) electrons. The number of halogens is 1. The van der Waals surface area contributed by atoms with E-state index < -0.39 is 10.0 Å². The number of rotatable bonds is 3. The first kappa shape index (κ1) is 15.2. The van der Waals surface area contributed by atoms with Crippen LogP contribution in [0.2, 0.25) is 0 Å². The molecule has 0 saturated carbocycles. The normalized spacial score (nSPS) is 20.0. The summed E-state index contributed by atoms with van der Waals surface area (Å²) in [7, 11) is -3.36. The van der Waals surface area contributed by atoms with E-state index in [-0.39, 0.29) is 0 Å². The predicted octanol–water partition coefficient (Wildman–Crippen LogP) is 4.00. The SMILES string of the molecule is Cc1cc(S(=O)(=O)N2CCC(c3ccccc3)C2)sc1Br. The summed E-state index contributed by atoms with van der Waals surface area (Å²) < 4.78 is 28.3. The van der Waals surface area contributed by atoms with Gasteiger partial charge in [-0.2, -0.15) is 4.31 Å². The summed E-state index contributed by atoms with van der Waals surface area (Å²) in [6.07, 6.45) is 0.884. The fraction of sp³-hybridized carbons (Fsp3) is 0.333. The minimum absolute atomic E-state index is 0.297. The second-order valence-electron chi connectivity index (χ2n) is 5.28. The van der Waals surface area contributed by atoms with Gasteiger partial charge in [0.15, 0.2) is 0 Å². The van der Waals surface area contributed by atoms with Crippen LogP contribution in [0.4, 0.5) is 0 Å². The monoisotopic (exact) mass is 385 g/mol. The van der Waals surface area contributed by atoms with Crippen LogP contribution in [0.3, 0.4) is 0 Å². The lowest BCUT2D eigenvalue weighted by atomic mass is 9.99. The maximum Gasteiger partial charge on any atom is 0.252 e. The van der Waals surface area contributed by atoms with Gasteiger partial charge in [-0.05, 0) is 52.4 Å². The average molecular weight is 386 g/mol. The molecule has 1 saturated heterocycles. The van der Waals surface area contributed by atoms with Gasteiger partial charge < -0.3 is 0 Å². The van der Waals surface area contributed by atoms with Crippen LogP contribution < -0.4 is 0 Å². The number of nitrogens with zero attached hydrogens (tertiary/aromatic N) is 1. The van der Waals surface area contributed by atoms with Gasteiger partial charge in [0.05, 0.1) is 3.79 Å². The zero-order chi connectivity index (χ0) is 15.0. The third-order valence-corrected chi connectivity index (χ3v) is 8.30. The van der Waals surface area contributed by atoms with Crippen molar-refractivity contribution in [3.8, 4) is 0 Å². The van der Waals surface area contributed by atoms with Gasteiger partial charge in [-0.1, -0.05) is 30.3 Å².